The molecule has 3 aliphatic rings. The van der Waals surface area contributed by atoms with Crippen LogP contribution in [0, 0.1) is 11.8 Å². The first kappa shape index (κ1) is 24.1. The van der Waals surface area contributed by atoms with Crippen LogP contribution in [0.25, 0.3) is 10.9 Å². The molecule has 7 nitrogen and oxygen atoms in total. The van der Waals surface area contributed by atoms with Crippen molar-refractivity contribution < 1.29 is 28.5 Å². The Morgan fingerprint density at radius 2 is 1.84 bits per heavy atom. The highest BCUT2D eigenvalue weighted by atomic mass is 16.5. The van der Waals surface area contributed by atoms with E-state index in [1.54, 1.807) is 34.6 Å². The van der Waals surface area contributed by atoms with Gasteiger partial charge in [0.25, 0.3) is 0 Å². The van der Waals surface area contributed by atoms with Crippen molar-refractivity contribution in [2.75, 3.05) is 35.0 Å². The second-order valence-electron chi connectivity index (χ2n) is 10.6. The number of fused-ring (bicyclic) bond motifs is 1. The zero-order valence-electron chi connectivity index (χ0n) is 21.9. The van der Waals surface area contributed by atoms with Crippen molar-refractivity contribution in [3.8, 4) is 23.0 Å². The Bertz CT molecular complexity index is 1350. The Balaban J connectivity index is 1.43. The molecule has 0 bridgehead atoms. The van der Waals surface area contributed by atoms with Crippen molar-refractivity contribution in [2.45, 2.75) is 37.1 Å². The average Bonchev–Trinajstić information content (AvgIpc) is 3.57. The van der Waals surface area contributed by atoms with Gasteiger partial charge in [0.2, 0.25) is 5.75 Å². The molecule has 1 saturated carbocycles. The molecule has 1 N–H and O–H groups in total. The first-order valence-electron chi connectivity index (χ1n) is 12.9. The number of benzene rings is 2. The number of piperidine rings is 1. The van der Waals surface area contributed by atoms with Crippen LogP contribution in [0.2, 0.25) is 0 Å². The number of nitrogens with zero attached hydrogens (tertiary/aromatic N) is 2. The highest BCUT2D eigenvalue weighted by Crippen LogP contribution is 2.75. The van der Waals surface area contributed by atoms with E-state index in [0.29, 0.717) is 29.1 Å². The van der Waals surface area contributed by atoms with Crippen LogP contribution in [-0.4, -0.2) is 61.1 Å². The molecular weight excluding hydrogens is 468 g/mol. The van der Waals surface area contributed by atoms with Crippen LogP contribution in [0.1, 0.15) is 30.1 Å². The van der Waals surface area contributed by atoms with Crippen LogP contribution in [-0.2, 0) is 6.54 Å². The molecule has 0 radical (unpaired) electrons. The van der Waals surface area contributed by atoms with Gasteiger partial charge in [0.15, 0.2) is 11.5 Å². The molecule has 194 valence electrons. The maximum absolute atomic E-state index is 12.0. The number of rotatable bonds is 9. The van der Waals surface area contributed by atoms with Gasteiger partial charge in [-0.15, -0.1) is 6.58 Å². The third kappa shape index (κ3) is 3.17. The molecule has 1 aromatic heterocycles. The molecule has 37 heavy (non-hydrogen) atoms. The molecular formula is C30H35N2O5+. The van der Waals surface area contributed by atoms with E-state index >= 15 is 0 Å². The standard InChI is InChI=1S/C30H35N2O5/c1-6-22-23-16-25(28(33)20-9-11-31-24-8-7-19(34-2)15-21(20)24)32(12-10-30(22,23)32)17-18-13-26(35-3)29(37-5)27(14-18)36-4/h6-9,11,13-15,22-23,25,28,33H,1,10,12,16-17H2,2-5H3/q+1/t22?,23?,25?,28-,30?,32?/m0/s1. The number of aromatic nitrogens is 1. The zero-order valence-corrected chi connectivity index (χ0v) is 21.9. The van der Waals surface area contributed by atoms with Gasteiger partial charge in [-0.2, -0.15) is 0 Å². The molecule has 3 fully saturated rings. The van der Waals surface area contributed by atoms with Crippen LogP contribution in [0.3, 0.4) is 0 Å². The summed E-state index contributed by atoms with van der Waals surface area (Å²) in [6, 6.07) is 12.0. The van der Waals surface area contributed by atoms with E-state index in [4.69, 9.17) is 18.9 Å². The number of aliphatic hydroxyl groups excluding tert-OH is 1. The molecule has 0 amide bonds. The molecule has 5 unspecified atom stereocenters. The Labute approximate surface area is 217 Å². The SMILES string of the molecule is C=CC1C2CC([C@@H](O)c3ccnc4ccc(OC)cc34)[N+]3(Cc4cc(OC)c(OC)c(OC)c4)CCC123. The zero-order chi connectivity index (χ0) is 25.9. The van der Waals surface area contributed by atoms with Crippen molar-refractivity contribution in [3.05, 3.63) is 66.4 Å². The van der Waals surface area contributed by atoms with Crippen molar-refractivity contribution in [3.63, 3.8) is 0 Å². The van der Waals surface area contributed by atoms with Crippen LogP contribution in [0.15, 0.2) is 55.3 Å². The van der Waals surface area contributed by atoms with E-state index in [-0.39, 0.29) is 11.6 Å². The van der Waals surface area contributed by atoms with E-state index in [0.717, 1.165) is 58.2 Å². The van der Waals surface area contributed by atoms with Gasteiger partial charge in [-0.05, 0) is 42.0 Å². The quantitative estimate of drug-likeness (QED) is 0.338. The third-order valence-corrected chi connectivity index (χ3v) is 9.52. The Morgan fingerprint density at radius 3 is 2.43 bits per heavy atom. The van der Waals surface area contributed by atoms with Crippen LogP contribution < -0.4 is 18.9 Å². The van der Waals surface area contributed by atoms with Gasteiger partial charge in [0.05, 0.1) is 46.9 Å². The molecule has 2 saturated heterocycles. The predicted molar refractivity (Wildman–Crippen MR) is 141 cm³/mol. The minimum absolute atomic E-state index is 0.0610. The maximum atomic E-state index is 12.0. The summed E-state index contributed by atoms with van der Waals surface area (Å²) >= 11 is 0. The second kappa shape index (κ2) is 8.64. The molecule has 3 aromatic rings. The summed E-state index contributed by atoms with van der Waals surface area (Å²) in [4.78, 5) is 4.54. The normalized spacial score (nSPS) is 30.0. The number of pyridine rings is 1. The summed E-state index contributed by atoms with van der Waals surface area (Å²) in [6.45, 7) is 5.97. The molecule has 6 atom stereocenters. The topological polar surface area (TPSA) is 70.0 Å². The van der Waals surface area contributed by atoms with Gasteiger partial charge in [-0.1, -0.05) is 6.08 Å². The lowest BCUT2D eigenvalue weighted by atomic mass is 9.86. The van der Waals surface area contributed by atoms with Crippen molar-refractivity contribution in [2.24, 2.45) is 11.8 Å². The molecule has 2 aromatic carbocycles. The van der Waals surface area contributed by atoms with Gasteiger partial charge < -0.3 is 28.5 Å². The monoisotopic (exact) mass is 503 g/mol. The summed E-state index contributed by atoms with van der Waals surface area (Å²) in [7, 11) is 6.58. The molecule has 1 spiro atoms. The lowest BCUT2D eigenvalue weighted by Gasteiger charge is -2.57. The average molecular weight is 504 g/mol. The van der Waals surface area contributed by atoms with Gasteiger partial charge in [0, 0.05) is 35.4 Å². The Hall–Kier alpha value is -3.29. The number of ether oxygens (including phenoxy) is 4. The predicted octanol–water partition coefficient (Wildman–Crippen LogP) is 4.67. The summed E-state index contributed by atoms with van der Waals surface area (Å²) in [5.74, 6) is 3.69. The number of hydrogen-bond donors (Lipinski definition) is 1. The van der Waals surface area contributed by atoms with Gasteiger partial charge in [-0.3, -0.25) is 4.98 Å². The second-order valence-corrected chi connectivity index (χ2v) is 10.6. The van der Waals surface area contributed by atoms with E-state index < -0.39 is 6.10 Å². The van der Waals surface area contributed by atoms with E-state index in [9.17, 15) is 5.11 Å². The number of quaternary nitrogens is 1. The fourth-order valence-electron chi connectivity index (χ4n) is 7.86. The van der Waals surface area contributed by atoms with E-state index in [1.807, 2.05) is 24.3 Å². The molecule has 3 heterocycles. The van der Waals surface area contributed by atoms with E-state index in [1.165, 1.54) is 0 Å². The molecule has 2 aliphatic heterocycles. The van der Waals surface area contributed by atoms with Gasteiger partial charge >= 0.3 is 0 Å². The van der Waals surface area contributed by atoms with Crippen molar-refractivity contribution >= 4 is 10.9 Å². The lowest BCUT2D eigenvalue weighted by molar-refractivity contribution is -1.03. The van der Waals surface area contributed by atoms with Crippen LogP contribution in [0.4, 0.5) is 0 Å². The smallest absolute Gasteiger partial charge is 0.203 e. The first-order valence-corrected chi connectivity index (χ1v) is 12.9. The number of hydrogen-bond acceptors (Lipinski definition) is 6. The molecule has 1 aliphatic carbocycles. The van der Waals surface area contributed by atoms with Gasteiger partial charge in [0.1, 0.15) is 30.0 Å². The first-order chi connectivity index (χ1) is 18.0. The number of aliphatic hydroxyl groups is 1. The van der Waals surface area contributed by atoms with Crippen LogP contribution >= 0.6 is 0 Å². The largest absolute Gasteiger partial charge is 0.497 e. The minimum Gasteiger partial charge on any atom is -0.497 e. The third-order valence-electron chi connectivity index (χ3n) is 9.52. The Morgan fingerprint density at radius 1 is 1.08 bits per heavy atom. The van der Waals surface area contributed by atoms with Crippen LogP contribution in [0.5, 0.6) is 23.0 Å². The van der Waals surface area contributed by atoms with E-state index in [2.05, 4.69) is 29.8 Å². The van der Waals surface area contributed by atoms with Crippen molar-refractivity contribution in [1.29, 1.82) is 0 Å². The summed E-state index contributed by atoms with van der Waals surface area (Å²) in [5.41, 5.74) is 3.03. The summed E-state index contributed by atoms with van der Waals surface area (Å²) in [6.07, 6.45) is 5.44. The highest BCUT2D eigenvalue weighted by Gasteiger charge is 2.86. The summed E-state index contributed by atoms with van der Waals surface area (Å²) in [5, 5.41) is 13.0. The minimum atomic E-state index is -0.630. The number of methoxy groups -OCH3 is 4. The van der Waals surface area contributed by atoms with Gasteiger partial charge in [-0.25, -0.2) is 0 Å². The maximum Gasteiger partial charge on any atom is 0.203 e. The Kier molecular flexibility index (Phi) is 5.62. The highest BCUT2D eigenvalue weighted by molar-refractivity contribution is 5.84. The molecule has 6 rings (SSSR count). The summed E-state index contributed by atoms with van der Waals surface area (Å²) < 4.78 is 23.2. The van der Waals surface area contributed by atoms with Crippen molar-refractivity contribution in [1.82, 2.24) is 4.98 Å². The molecule has 7 heteroatoms. The fraction of sp³-hybridized carbons (Fsp3) is 0.433. The fourth-order valence-corrected chi connectivity index (χ4v) is 7.86. The lowest BCUT2D eigenvalue weighted by Crippen LogP contribution is -2.70.